The molecule has 0 heterocycles. The molecule has 0 saturated heterocycles. The van der Waals surface area contributed by atoms with Crippen molar-refractivity contribution in [2.24, 2.45) is 0 Å². The Balaban J connectivity index is 3.38. The van der Waals surface area contributed by atoms with Crippen LogP contribution >= 0.6 is 39.1 Å². The van der Waals surface area contributed by atoms with Crippen LogP contribution in [0.1, 0.15) is 10.9 Å². The van der Waals surface area contributed by atoms with Gasteiger partial charge in [-0.2, -0.15) is 22.0 Å². The highest BCUT2D eigenvalue weighted by Crippen LogP contribution is 2.51. The van der Waals surface area contributed by atoms with Crippen molar-refractivity contribution in [3.63, 3.8) is 0 Å². The molecule has 1 unspecified atom stereocenters. The van der Waals surface area contributed by atoms with Gasteiger partial charge in [0, 0.05) is 10.6 Å². The Morgan fingerprint density at radius 1 is 1.21 bits per heavy atom. The van der Waals surface area contributed by atoms with Crippen molar-refractivity contribution in [1.82, 2.24) is 0 Å². The highest BCUT2D eigenvalue weighted by molar-refractivity contribution is 9.10. The minimum Gasteiger partial charge on any atom is -0.495 e. The molecule has 108 valence electrons. The monoisotopic (exact) mass is 386 g/mol. The molecule has 19 heavy (non-hydrogen) atoms. The average Bonchev–Trinajstić information content (AvgIpc) is 2.25. The van der Waals surface area contributed by atoms with Crippen LogP contribution in [-0.2, 0) is 0 Å². The maximum Gasteiger partial charge on any atom is 0.455 e. The smallest absolute Gasteiger partial charge is 0.455 e. The summed E-state index contributed by atoms with van der Waals surface area (Å²) in [6.45, 7) is 0. The Bertz CT molecular complexity index is 478. The van der Waals surface area contributed by atoms with E-state index >= 15 is 0 Å². The summed E-state index contributed by atoms with van der Waals surface area (Å²) < 4.78 is 68.2. The van der Waals surface area contributed by atoms with Gasteiger partial charge < -0.3 is 4.74 Å². The molecule has 0 saturated carbocycles. The molecule has 0 fully saturated rings. The van der Waals surface area contributed by atoms with E-state index in [1.165, 1.54) is 6.07 Å². The standard InChI is InChI=1S/C10H6BrCl2F5O/c1-19-7-5(2-4(12)3-6(7)11)8(13)9(14,15)10(16,17)18/h2-3,8H,1H3. The Morgan fingerprint density at radius 2 is 1.74 bits per heavy atom. The first kappa shape index (κ1) is 16.8. The molecule has 9 heteroatoms. The first-order valence-electron chi connectivity index (χ1n) is 4.64. The molecule has 0 bridgehead atoms. The van der Waals surface area contributed by atoms with Crippen molar-refractivity contribution in [3.05, 3.63) is 27.2 Å². The van der Waals surface area contributed by atoms with Crippen LogP contribution in [0.15, 0.2) is 16.6 Å². The van der Waals surface area contributed by atoms with Gasteiger partial charge in [0.2, 0.25) is 0 Å². The van der Waals surface area contributed by atoms with Crippen LogP contribution in [0, 0.1) is 0 Å². The van der Waals surface area contributed by atoms with Crippen molar-refractivity contribution >= 4 is 39.1 Å². The number of methoxy groups -OCH3 is 1. The van der Waals surface area contributed by atoms with Gasteiger partial charge in [-0.05, 0) is 28.1 Å². The fourth-order valence-corrected chi connectivity index (χ4v) is 2.60. The van der Waals surface area contributed by atoms with Crippen LogP contribution in [0.4, 0.5) is 22.0 Å². The number of alkyl halides is 6. The van der Waals surface area contributed by atoms with Gasteiger partial charge in [-0.1, -0.05) is 11.6 Å². The lowest BCUT2D eigenvalue weighted by Gasteiger charge is -2.26. The Labute approximate surface area is 123 Å². The summed E-state index contributed by atoms with van der Waals surface area (Å²) in [4.78, 5) is 0. The Morgan fingerprint density at radius 3 is 2.16 bits per heavy atom. The number of ether oxygens (including phenoxy) is 1. The average molecular weight is 388 g/mol. The summed E-state index contributed by atoms with van der Waals surface area (Å²) in [5.74, 6) is -5.35. The van der Waals surface area contributed by atoms with Crippen LogP contribution in [0.3, 0.4) is 0 Å². The highest BCUT2D eigenvalue weighted by Gasteiger charge is 2.63. The number of hydrogen-bond acceptors (Lipinski definition) is 1. The molecular formula is C10H6BrCl2F5O. The van der Waals surface area contributed by atoms with Gasteiger partial charge in [0.15, 0.2) is 0 Å². The molecule has 1 aromatic rings. The van der Waals surface area contributed by atoms with Gasteiger partial charge in [-0.25, -0.2) is 0 Å². The van der Waals surface area contributed by atoms with E-state index in [1.54, 1.807) is 0 Å². The lowest BCUT2D eigenvalue weighted by Crippen LogP contribution is -2.40. The summed E-state index contributed by atoms with van der Waals surface area (Å²) in [6, 6.07) is 2.20. The molecule has 0 aliphatic carbocycles. The third-order valence-corrected chi connectivity index (χ3v) is 3.53. The summed E-state index contributed by atoms with van der Waals surface area (Å²) in [5.41, 5.74) is -0.550. The Hall–Kier alpha value is -0.270. The second-order valence-electron chi connectivity index (χ2n) is 3.49. The van der Waals surface area contributed by atoms with E-state index in [1.807, 2.05) is 0 Å². The zero-order valence-corrected chi connectivity index (χ0v) is 12.3. The molecule has 0 N–H and O–H groups in total. The molecule has 0 spiro atoms. The van der Waals surface area contributed by atoms with Gasteiger partial charge in [0.05, 0.1) is 11.6 Å². The topological polar surface area (TPSA) is 9.23 Å². The molecule has 0 aliphatic rings. The predicted octanol–water partition coefficient (Wildman–Crippen LogP) is 5.59. The van der Waals surface area contributed by atoms with E-state index in [9.17, 15) is 22.0 Å². The molecule has 0 radical (unpaired) electrons. The maximum absolute atomic E-state index is 13.2. The molecule has 0 aliphatic heterocycles. The van der Waals surface area contributed by atoms with Gasteiger partial charge in [0.1, 0.15) is 11.1 Å². The van der Waals surface area contributed by atoms with Crippen molar-refractivity contribution in [2.45, 2.75) is 17.5 Å². The van der Waals surface area contributed by atoms with Gasteiger partial charge in [0.25, 0.3) is 0 Å². The SMILES string of the molecule is COc1c(Br)cc(Cl)cc1C(Cl)C(F)(F)C(F)(F)F. The van der Waals surface area contributed by atoms with Crippen LogP contribution in [-0.4, -0.2) is 19.2 Å². The molecular weight excluding hydrogens is 382 g/mol. The third-order valence-electron chi connectivity index (χ3n) is 2.21. The third kappa shape index (κ3) is 3.25. The molecule has 1 aromatic carbocycles. The summed E-state index contributed by atoms with van der Waals surface area (Å²) in [5, 5.41) is -2.70. The van der Waals surface area contributed by atoms with E-state index in [-0.39, 0.29) is 15.2 Å². The normalized spacial score (nSPS) is 14.4. The lowest BCUT2D eigenvalue weighted by molar-refractivity contribution is -0.283. The van der Waals surface area contributed by atoms with Crippen molar-refractivity contribution in [1.29, 1.82) is 0 Å². The minimum absolute atomic E-state index is 0.0497. The fraction of sp³-hybridized carbons (Fsp3) is 0.400. The fourth-order valence-electron chi connectivity index (χ4n) is 1.32. The predicted molar refractivity (Wildman–Crippen MR) is 65.3 cm³/mol. The number of benzene rings is 1. The lowest BCUT2D eigenvalue weighted by atomic mass is 10.0. The molecule has 1 atom stereocenters. The van der Waals surface area contributed by atoms with Crippen molar-refractivity contribution in [3.8, 4) is 5.75 Å². The zero-order valence-electron chi connectivity index (χ0n) is 9.16. The molecule has 1 rings (SSSR count). The maximum atomic E-state index is 13.2. The number of halogens is 8. The number of rotatable bonds is 3. The first-order chi connectivity index (χ1) is 8.52. The van der Waals surface area contributed by atoms with E-state index in [0.717, 1.165) is 13.2 Å². The van der Waals surface area contributed by atoms with Crippen molar-refractivity contribution in [2.75, 3.05) is 7.11 Å². The van der Waals surface area contributed by atoms with Gasteiger partial charge >= 0.3 is 12.1 Å². The molecule has 0 aromatic heterocycles. The molecule has 1 nitrogen and oxygen atoms in total. The van der Waals surface area contributed by atoms with E-state index in [0.29, 0.717) is 0 Å². The quantitative estimate of drug-likeness (QED) is 0.485. The van der Waals surface area contributed by atoms with Crippen molar-refractivity contribution < 1.29 is 26.7 Å². The number of hydrogen-bond donors (Lipinski definition) is 0. The zero-order chi connectivity index (χ0) is 15.0. The van der Waals surface area contributed by atoms with E-state index in [2.05, 4.69) is 15.9 Å². The van der Waals surface area contributed by atoms with Crippen LogP contribution in [0.2, 0.25) is 5.02 Å². The summed E-state index contributed by atoms with van der Waals surface area (Å²) in [6.07, 6.45) is -5.78. The summed E-state index contributed by atoms with van der Waals surface area (Å²) >= 11 is 13.8. The van der Waals surface area contributed by atoms with Crippen LogP contribution in [0.25, 0.3) is 0 Å². The largest absolute Gasteiger partial charge is 0.495 e. The van der Waals surface area contributed by atoms with Crippen LogP contribution in [0.5, 0.6) is 5.75 Å². The Kier molecular flexibility index (Phi) is 4.96. The van der Waals surface area contributed by atoms with Crippen LogP contribution < -0.4 is 4.74 Å². The van der Waals surface area contributed by atoms with E-state index < -0.39 is 23.0 Å². The highest BCUT2D eigenvalue weighted by atomic mass is 79.9. The van der Waals surface area contributed by atoms with E-state index in [4.69, 9.17) is 27.9 Å². The second-order valence-corrected chi connectivity index (χ2v) is 5.22. The minimum atomic E-state index is -5.78. The van der Waals surface area contributed by atoms with Gasteiger partial charge in [-0.15, -0.1) is 11.6 Å². The molecule has 0 amide bonds. The first-order valence-corrected chi connectivity index (χ1v) is 6.24. The second kappa shape index (κ2) is 5.61. The summed E-state index contributed by atoms with van der Waals surface area (Å²) in [7, 11) is 1.12. The van der Waals surface area contributed by atoms with Gasteiger partial charge in [-0.3, -0.25) is 0 Å².